The molecule has 5 heteroatoms. The summed E-state index contributed by atoms with van der Waals surface area (Å²) in [5, 5.41) is 0. The average Bonchev–Trinajstić information content (AvgIpc) is 1.30. The van der Waals surface area contributed by atoms with E-state index in [0.717, 1.165) is 0 Å². The van der Waals surface area contributed by atoms with Gasteiger partial charge in [0.05, 0.1) is 0 Å². The van der Waals surface area contributed by atoms with Crippen LogP contribution in [0.2, 0.25) is 0 Å². The summed E-state index contributed by atoms with van der Waals surface area (Å²) in [4.78, 5) is 0. The van der Waals surface area contributed by atoms with E-state index in [2.05, 4.69) is 3.66 Å². The summed E-state index contributed by atoms with van der Waals surface area (Å²) in [6.07, 6.45) is 0. The summed E-state index contributed by atoms with van der Waals surface area (Å²) in [7, 11) is 0. The average molecular weight is 146 g/mol. The van der Waals surface area contributed by atoms with E-state index in [1.165, 1.54) is 6.92 Å². The first kappa shape index (κ1) is 7.26. The van der Waals surface area contributed by atoms with Gasteiger partial charge < -0.3 is 0 Å². The van der Waals surface area contributed by atoms with Crippen molar-refractivity contribution in [3.63, 3.8) is 0 Å². The quantitative estimate of drug-likeness (QED) is 0.538. The first-order valence-electron chi connectivity index (χ1n) is 1.76. The summed E-state index contributed by atoms with van der Waals surface area (Å²) < 4.78 is 29.7. The molecule has 0 amide bonds. The van der Waals surface area contributed by atoms with E-state index in [-0.39, 0.29) is 6.61 Å². The summed E-state index contributed by atoms with van der Waals surface area (Å²) in [5.74, 6) is 0. The third-order valence-electron chi connectivity index (χ3n) is 0.297. The molecule has 0 atom stereocenters. The van der Waals surface area contributed by atoms with E-state index in [1.807, 2.05) is 0 Å². The molecule has 44 valence electrons. The molecular formula is C2H7O4V. The number of rotatable bonds is 2. The van der Waals surface area contributed by atoms with Gasteiger partial charge >= 0.3 is 44.0 Å². The van der Waals surface area contributed by atoms with E-state index in [9.17, 15) is 3.67 Å². The first-order valence-corrected chi connectivity index (χ1v) is 4.15. The van der Waals surface area contributed by atoms with Crippen LogP contribution in [-0.2, 0) is 22.4 Å². The summed E-state index contributed by atoms with van der Waals surface area (Å²) in [6, 6.07) is 0. The van der Waals surface area contributed by atoms with Crippen LogP contribution in [0.1, 0.15) is 6.92 Å². The van der Waals surface area contributed by atoms with Gasteiger partial charge in [0.15, 0.2) is 0 Å². The monoisotopic (exact) mass is 146 g/mol. The summed E-state index contributed by atoms with van der Waals surface area (Å²) in [6.45, 7) is 1.60. The van der Waals surface area contributed by atoms with E-state index in [0.29, 0.717) is 0 Å². The van der Waals surface area contributed by atoms with Gasteiger partial charge in [0.25, 0.3) is 0 Å². The van der Waals surface area contributed by atoms with Gasteiger partial charge in [0.1, 0.15) is 0 Å². The van der Waals surface area contributed by atoms with Crippen molar-refractivity contribution in [3.05, 3.63) is 0 Å². The minimum absolute atomic E-state index is 0.0729. The molecule has 0 fully saturated rings. The van der Waals surface area contributed by atoms with Crippen LogP contribution >= 0.6 is 0 Å². The molecule has 0 aliphatic rings. The normalized spacial score (nSPS) is 11.9. The van der Waals surface area contributed by atoms with Crippen molar-refractivity contribution >= 4 is 0 Å². The molecule has 0 aromatic heterocycles. The van der Waals surface area contributed by atoms with Crippen LogP contribution in [0, 0.1) is 0 Å². The van der Waals surface area contributed by atoms with Gasteiger partial charge in [-0.3, -0.25) is 0 Å². The Hall–Kier alpha value is 0.264. The van der Waals surface area contributed by atoms with Gasteiger partial charge in [-0.1, -0.05) is 0 Å². The Labute approximate surface area is 44.7 Å². The Kier molecular flexibility index (Phi) is 2.64. The van der Waals surface area contributed by atoms with Gasteiger partial charge in [0, 0.05) is 0 Å². The Morgan fingerprint density at radius 3 is 2.14 bits per heavy atom. The Morgan fingerprint density at radius 2 is 2.14 bits per heavy atom. The van der Waals surface area contributed by atoms with Crippen molar-refractivity contribution in [2.24, 2.45) is 0 Å². The molecule has 0 radical (unpaired) electrons. The molecule has 0 aromatic carbocycles. The molecule has 0 bridgehead atoms. The van der Waals surface area contributed by atoms with E-state index in [1.54, 1.807) is 0 Å². The van der Waals surface area contributed by atoms with Crippen LogP contribution in [0.25, 0.3) is 0 Å². The second kappa shape index (κ2) is 2.54. The van der Waals surface area contributed by atoms with Crippen molar-refractivity contribution in [1.29, 1.82) is 0 Å². The molecule has 0 saturated carbocycles. The second-order valence-electron chi connectivity index (χ2n) is 0.908. The van der Waals surface area contributed by atoms with Crippen LogP contribution in [0.15, 0.2) is 0 Å². The summed E-state index contributed by atoms with van der Waals surface area (Å²) >= 11 is -4.69. The van der Waals surface area contributed by atoms with Crippen LogP contribution in [0.4, 0.5) is 0 Å². The van der Waals surface area contributed by atoms with Crippen LogP contribution < -0.4 is 0 Å². The zero-order valence-corrected chi connectivity index (χ0v) is 5.26. The fraction of sp³-hybridized carbons (Fsp3) is 1.00. The van der Waals surface area contributed by atoms with Crippen molar-refractivity contribution in [1.82, 2.24) is 0 Å². The predicted octanol–water partition coefficient (Wildman–Crippen LogP) is -0.748. The third kappa shape index (κ3) is 6.26. The number of hydrogen-bond donors (Lipinski definition) is 2. The van der Waals surface area contributed by atoms with Gasteiger partial charge in [0.2, 0.25) is 0 Å². The van der Waals surface area contributed by atoms with Crippen molar-refractivity contribution in [3.8, 4) is 0 Å². The molecule has 0 heterocycles. The fourth-order valence-corrected chi connectivity index (χ4v) is 0.693. The van der Waals surface area contributed by atoms with Crippen molar-refractivity contribution < 1.29 is 30.4 Å². The molecule has 7 heavy (non-hydrogen) atoms. The van der Waals surface area contributed by atoms with Crippen LogP contribution in [0.5, 0.6) is 0 Å². The standard InChI is InChI=1S/C2H5O.2H2O.O.V/c1-2-3;;;;/h2H2,1H3;2*1H2;;/q-1;;;;+3/p-2. The molecule has 4 nitrogen and oxygen atoms in total. The van der Waals surface area contributed by atoms with E-state index >= 15 is 0 Å². The van der Waals surface area contributed by atoms with Gasteiger partial charge in [-0.05, 0) is 0 Å². The third-order valence-corrected chi connectivity index (χ3v) is 1.23. The predicted molar refractivity (Wildman–Crippen MR) is 16.8 cm³/mol. The van der Waals surface area contributed by atoms with Gasteiger partial charge in [-0.15, -0.1) is 0 Å². The molecule has 0 spiro atoms. The fourth-order valence-electron chi connectivity index (χ4n) is 0.168. The summed E-state index contributed by atoms with van der Waals surface area (Å²) in [5.41, 5.74) is 0. The maximum atomic E-state index is 9.76. The molecule has 0 unspecified atom stereocenters. The van der Waals surface area contributed by atoms with Crippen molar-refractivity contribution in [2.45, 2.75) is 6.92 Å². The molecule has 0 aromatic rings. The van der Waals surface area contributed by atoms with Crippen LogP contribution in [-0.4, -0.2) is 14.7 Å². The van der Waals surface area contributed by atoms with E-state index in [4.69, 9.17) is 8.06 Å². The van der Waals surface area contributed by atoms with Gasteiger partial charge in [-0.2, -0.15) is 0 Å². The zero-order chi connectivity index (χ0) is 5.91. The molecule has 0 saturated heterocycles. The van der Waals surface area contributed by atoms with Gasteiger partial charge in [-0.25, -0.2) is 0 Å². The second-order valence-corrected chi connectivity index (χ2v) is 2.84. The number of hydrogen-bond acceptors (Lipinski definition) is 2. The minimum atomic E-state index is -4.69. The maximum absolute atomic E-state index is 9.76. The van der Waals surface area contributed by atoms with E-state index < -0.39 is 15.0 Å². The molecule has 2 N–H and O–H groups in total. The molecule has 0 aliphatic carbocycles. The zero-order valence-electron chi connectivity index (χ0n) is 3.87. The molecular weight excluding hydrogens is 139 g/mol. The Balaban J connectivity index is 3.36. The van der Waals surface area contributed by atoms with Crippen LogP contribution in [0.3, 0.4) is 0 Å². The van der Waals surface area contributed by atoms with Crippen molar-refractivity contribution in [2.75, 3.05) is 6.61 Å². The topological polar surface area (TPSA) is 66.8 Å². The first-order chi connectivity index (χ1) is 3.06. The SMILES string of the molecule is CC[O][V](=[O])([OH])[OH]. The molecule has 0 rings (SSSR count). The Morgan fingerprint density at radius 1 is 1.71 bits per heavy atom. The molecule has 0 aliphatic heterocycles. The Bertz CT molecular complexity index is 83.7.